The summed E-state index contributed by atoms with van der Waals surface area (Å²) in [6, 6.07) is 26.8. The molecule has 0 spiro atoms. The minimum Gasteiger partial charge on any atom is -0.496 e. The Bertz CT molecular complexity index is 1460. The summed E-state index contributed by atoms with van der Waals surface area (Å²) < 4.78 is 7.49. The number of thiophene rings is 1. The van der Waals surface area contributed by atoms with Crippen molar-refractivity contribution in [3.8, 4) is 5.75 Å². The van der Waals surface area contributed by atoms with Gasteiger partial charge in [-0.15, -0.1) is 11.3 Å². The fraction of sp³-hybridized carbons (Fsp3) is 0.143. The summed E-state index contributed by atoms with van der Waals surface area (Å²) in [7, 11) is 1.64. The first kappa shape index (κ1) is 21.9. The largest absolute Gasteiger partial charge is 0.496 e. The average molecular weight is 469 g/mol. The lowest BCUT2D eigenvalue weighted by molar-refractivity contribution is -0.132. The van der Waals surface area contributed by atoms with Gasteiger partial charge in [-0.3, -0.25) is 9.59 Å². The van der Waals surface area contributed by atoms with Crippen LogP contribution in [-0.4, -0.2) is 22.5 Å². The normalized spacial score (nSPS) is 11.1. The van der Waals surface area contributed by atoms with Gasteiger partial charge in [-0.2, -0.15) is 0 Å². The van der Waals surface area contributed by atoms with Gasteiger partial charge in [0.25, 0.3) is 0 Å². The number of aromatic nitrogens is 1. The molecule has 0 bridgehead atoms. The Morgan fingerprint density at radius 1 is 0.853 bits per heavy atom. The number of hydrogen-bond donors (Lipinski definition) is 0. The third kappa shape index (κ3) is 4.20. The molecule has 0 atom stereocenters. The number of nitrogens with zero attached hydrogens (tertiary/aromatic N) is 2. The van der Waals surface area contributed by atoms with Crippen LogP contribution in [0.15, 0.2) is 95.1 Å². The number of methoxy groups -OCH3 is 1. The van der Waals surface area contributed by atoms with Crippen molar-refractivity contribution < 1.29 is 9.53 Å². The van der Waals surface area contributed by atoms with Gasteiger partial charge in [0.15, 0.2) is 5.43 Å². The maximum Gasteiger partial charge on any atom is 0.243 e. The fourth-order valence-corrected chi connectivity index (χ4v) is 5.06. The standard InChI is InChI=1S/C28H24N2O3S/c1-33-26-15-7-2-9-20(26)17-29(18-21-10-8-16-34-21)27(31)19-30-24-13-5-3-11-22(24)28(32)23-12-4-6-14-25(23)30/h2-16H,17-19H2,1H3. The Balaban J connectivity index is 1.57. The van der Waals surface area contributed by atoms with Crippen molar-refractivity contribution in [2.45, 2.75) is 19.6 Å². The second-order valence-electron chi connectivity index (χ2n) is 8.09. The van der Waals surface area contributed by atoms with Gasteiger partial charge in [-0.25, -0.2) is 0 Å². The number of ether oxygens (including phenoxy) is 1. The fourth-order valence-electron chi connectivity index (χ4n) is 4.34. The van der Waals surface area contributed by atoms with Crippen molar-refractivity contribution in [2.24, 2.45) is 0 Å². The first-order valence-corrected chi connectivity index (χ1v) is 12.0. The zero-order chi connectivity index (χ0) is 23.5. The molecule has 1 amide bonds. The highest BCUT2D eigenvalue weighted by Gasteiger charge is 2.20. The van der Waals surface area contributed by atoms with E-state index in [1.54, 1.807) is 18.4 Å². The Morgan fingerprint density at radius 2 is 1.50 bits per heavy atom. The van der Waals surface area contributed by atoms with Crippen molar-refractivity contribution in [3.05, 3.63) is 111 Å². The molecule has 0 saturated carbocycles. The van der Waals surface area contributed by atoms with Gasteiger partial charge in [0.2, 0.25) is 5.91 Å². The van der Waals surface area contributed by atoms with E-state index in [1.807, 2.05) is 99.8 Å². The summed E-state index contributed by atoms with van der Waals surface area (Å²) in [5, 5.41) is 3.25. The van der Waals surface area contributed by atoms with E-state index in [-0.39, 0.29) is 17.9 Å². The number of hydrogen-bond acceptors (Lipinski definition) is 4. The first-order valence-electron chi connectivity index (χ1n) is 11.1. The monoisotopic (exact) mass is 468 g/mol. The number of carbonyl (C=O) groups is 1. The highest BCUT2D eigenvalue weighted by molar-refractivity contribution is 7.09. The molecule has 0 aliphatic heterocycles. The quantitative estimate of drug-likeness (QED) is 0.298. The molecule has 5 nitrogen and oxygen atoms in total. The highest BCUT2D eigenvalue weighted by atomic mass is 32.1. The van der Waals surface area contributed by atoms with E-state index >= 15 is 0 Å². The molecular weight excluding hydrogens is 444 g/mol. The minimum atomic E-state index is -0.0294. The second kappa shape index (κ2) is 9.53. The molecule has 2 heterocycles. The molecule has 5 rings (SSSR count). The second-order valence-corrected chi connectivity index (χ2v) is 9.12. The predicted molar refractivity (Wildman–Crippen MR) is 137 cm³/mol. The van der Waals surface area contributed by atoms with Crippen LogP contribution in [0.5, 0.6) is 5.75 Å². The van der Waals surface area contributed by atoms with Crippen molar-refractivity contribution in [2.75, 3.05) is 7.11 Å². The number of amides is 1. The lowest BCUT2D eigenvalue weighted by atomic mass is 10.1. The van der Waals surface area contributed by atoms with Gasteiger partial charge in [-0.1, -0.05) is 48.5 Å². The van der Waals surface area contributed by atoms with Gasteiger partial charge < -0.3 is 14.2 Å². The van der Waals surface area contributed by atoms with E-state index in [2.05, 4.69) is 0 Å². The Kier molecular flexibility index (Phi) is 6.14. The molecule has 5 aromatic rings. The summed E-state index contributed by atoms with van der Waals surface area (Å²) in [5.74, 6) is 0.726. The molecule has 0 radical (unpaired) electrons. The van der Waals surface area contributed by atoms with E-state index in [4.69, 9.17) is 4.74 Å². The highest BCUT2D eigenvalue weighted by Crippen LogP contribution is 2.24. The Hall–Kier alpha value is -3.90. The summed E-state index contributed by atoms with van der Waals surface area (Å²) in [5.41, 5.74) is 2.45. The zero-order valence-electron chi connectivity index (χ0n) is 18.8. The van der Waals surface area contributed by atoms with Crippen LogP contribution in [0.2, 0.25) is 0 Å². The van der Waals surface area contributed by atoms with E-state index in [0.29, 0.717) is 23.9 Å². The SMILES string of the molecule is COc1ccccc1CN(Cc1cccs1)C(=O)Cn1c2ccccc2c(=O)c2ccccc21. The average Bonchev–Trinajstić information content (AvgIpc) is 3.39. The summed E-state index contributed by atoms with van der Waals surface area (Å²) >= 11 is 1.63. The molecule has 0 aliphatic carbocycles. The minimum absolute atomic E-state index is 0.0145. The molecule has 0 unspecified atom stereocenters. The Labute approximate surface area is 201 Å². The molecule has 2 aromatic heterocycles. The van der Waals surface area contributed by atoms with Gasteiger partial charge in [-0.05, 0) is 41.8 Å². The van der Waals surface area contributed by atoms with Crippen LogP contribution >= 0.6 is 11.3 Å². The Morgan fingerprint density at radius 3 is 2.15 bits per heavy atom. The zero-order valence-corrected chi connectivity index (χ0v) is 19.6. The maximum atomic E-state index is 13.8. The van der Waals surface area contributed by atoms with Gasteiger partial charge >= 0.3 is 0 Å². The summed E-state index contributed by atoms with van der Waals surface area (Å²) in [6.07, 6.45) is 0. The van der Waals surface area contributed by atoms with E-state index in [0.717, 1.165) is 27.2 Å². The van der Waals surface area contributed by atoms with Crippen LogP contribution < -0.4 is 10.2 Å². The lowest BCUT2D eigenvalue weighted by Crippen LogP contribution is -2.33. The number of benzene rings is 3. The molecular formula is C28H24N2O3S. The van der Waals surface area contributed by atoms with Crippen LogP contribution in [0.25, 0.3) is 21.8 Å². The lowest BCUT2D eigenvalue weighted by Gasteiger charge is -2.25. The topological polar surface area (TPSA) is 51.5 Å². The van der Waals surface area contributed by atoms with Crippen LogP contribution in [-0.2, 0) is 24.4 Å². The smallest absolute Gasteiger partial charge is 0.243 e. The van der Waals surface area contributed by atoms with E-state index < -0.39 is 0 Å². The molecule has 6 heteroatoms. The van der Waals surface area contributed by atoms with Crippen LogP contribution in [0.1, 0.15) is 10.4 Å². The predicted octanol–water partition coefficient (Wildman–Crippen LogP) is 5.45. The van der Waals surface area contributed by atoms with Gasteiger partial charge in [0.1, 0.15) is 12.3 Å². The molecule has 3 aromatic carbocycles. The van der Waals surface area contributed by atoms with Crippen molar-refractivity contribution in [3.63, 3.8) is 0 Å². The first-order chi connectivity index (χ1) is 16.7. The number of para-hydroxylation sites is 3. The van der Waals surface area contributed by atoms with Gasteiger partial charge in [0, 0.05) is 27.8 Å². The number of pyridine rings is 1. The summed E-state index contributed by atoms with van der Waals surface area (Å²) in [4.78, 5) is 29.8. The van der Waals surface area contributed by atoms with Crippen LogP contribution in [0.4, 0.5) is 0 Å². The van der Waals surface area contributed by atoms with Crippen molar-refractivity contribution in [1.82, 2.24) is 9.47 Å². The third-order valence-electron chi connectivity index (χ3n) is 6.01. The molecule has 0 fully saturated rings. The molecule has 0 N–H and O–H groups in total. The molecule has 0 saturated heterocycles. The third-order valence-corrected chi connectivity index (χ3v) is 6.87. The van der Waals surface area contributed by atoms with Crippen molar-refractivity contribution in [1.29, 1.82) is 0 Å². The number of rotatable bonds is 7. The van der Waals surface area contributed by atoms with E-state index in [1.165, 1.54) is 0 Å². The molecule has 0 aliphatic rings. The van der Waals surface area contributed by atoms with Crippen LogP contribution in [0, 0.1) is 0 Å². The molecule has 170 valence electrons. The number of fused-ring (bicyclic) bond motifs is 2. The molecule has 34 heavy (non-hydrogen) atoms. The maximum absolute atomic E-state index is 13.8. The van der Waals surface area contributed by atoms with Crippen LogP contribution in [0.3, 0.4) is 0 Å². The van der Waals surface area contributed by atoms with Gasteiger partial charge in [0.05, 0.1) is 24.7 Å². The summed E-state index contributed by atoms with van der Waals surface area (Å²) in [6.45, 7) is 1.06. The van der Waals surface area contributed by atoms with E-state index in [9.17, 15) is 9.59 Å². The van der Waals surface area contributed by atoms with Crippen molar-refractivity contribution >= 4 is 39.0 Å². The number of carbonyl (C=O) groups excluding carboxylic acids is 1.